The molecule has 4 heterocycles. The van der Waals surface area contributed by atoms with Gasteiger partial charge in [-0.25, -0.2) is 0 Å². The Kier molecular flexibility index (Phi) is 6.72. The van der Waals surface area contributed by atoms with Crippen molar-refractivity contribution in [2.24, 2.45) is 0 Å². The van der Waals surface area contributed by atoms with Crippen LogP contribution in [0.25, 0.3) is 0 Å². The van der Waals surface area contributed by atoms with Gasteiger partial charge in [0.15, 0.2) is 0 Å². The molecule has 0 bridgehead atoms. The highest BCUT2D eigenvalue weighted by atomic mass is 16.5. The number of rotatable bonds is 8. The predicted octanol–water partition coefficient (Wildman–Crippen LogP) is 4.82. The Morgan fingerprint density at radius 3 is 1.31 bits per heavy atom. The fourth-order valence-electron chi connectivity index (χ4n) is 5.83. The van der Waals surface area contributed by atoms with E-state index >= 15 is 0 Å². The summed E-state index contributed by atoms with van der Waals surface area (Å²) in [6.45, 7) is 1.82. The average molecular weight is 569 g/mol. The zero-order valence-electron chi connectivity index (χ0n) is 22.7. The average Bonchev–Trinajstić information content (AvgIpc) is 3.79. The van der Waals surface area contributed by atoms with Gasteiger partial charge in [0.25, 0.3) is 23.6 Å². The van der Waals surface area contributed by atoms with E-state index in [2.05, 4.69) is 0 Å². The summed E-state index contributed by atoms with van der Waals surface area (Å²) in [4.78, 5) is 54.0. The summed E-state index contributed by atoms with van der Waals surface area (Å²) in [7, 11) is 0. The van der Waals surface area contributed by atoms with Crippen molar-refractivity contribution < 1.29 is 38.1 Å². The summed E-state index contributed by atoms with van der Waals surface area (Å²) in [5.74, 6) is 0.560. The van der Waals surface area contributed by atoms with E-state index in [4.69, 9.17) is 18.9 Å². The van der Waals surface area contributed by atoms with Gasteiger partial charge in [0.1, 0.15) is 23.0 Å². The zero-order valence-corrected chi connectivity index (χ0v) is 22.7. The zero-order chi connectivity index (χ0) is 28.8. The lowest BCUT2D eigenvalue weighted by molar-refractivity contribution is 0.0468. The molecule has 4 aliphatic rings. The first kappa shape index (κ1) is 26.4. The lowest BCUT2D eigenvalue weighted by Crippen LogP contribution is -2.36. The van der Waals surface area contributed by atoms with Crippen LogP contribution < -0.4 is 9.47 Å². The van der Waals surface area contributed by atoms with Crippen molar-refractivity contribution in [3.8, 4) is 23.0 Å². The van der Waals surface area contributed by atoms with E-state index in [0.29, 0.717) is 58.5 Å². The number of imide groups is 2. The fourth-order valence-corrected chi connectivity index (χ4v) is 5.83. The Morgan fingerprint density at radius 1 is 0.548 bits per heavy atom. The van der Waals surface area contributed by atoms with Crippen LogP contribution in [0.15, 0.2) is 60.7 Å². The first-order chi connectivity index (χ1) is 20.4. The van der Waals surface area contributed by atoms with Crippen LogP contribution in [0.5, 0.6) is 23.0 Å². The Hall–Kier alpha value is -4.54. The lowest BCUT2D eigenvalue weighted by Gasteiger charge is -2.17. The summed E-state index contributed by atoms with van der Waals surface area (Å²) in [5.41, 5.74) is 1.35. The molecule has 0 aliphatic carbocycles. The van der Waals surface area contributed by atoms with Crippen LogP contribution in [-0.4, -0.2) is 71.9 Å². The molecule has 0 spiro atoms. The highest BCUT2D eigenvalue weighted by molar-refractivity contribution is 6.22. The molecule has 214 valence electrons. The van der Waals surface area contributed by atoms with Gasteiger partial charge < -0.3 is 18.9 Å². The van der Waals surface area contributed by atoms with Crippen LogP contribution in [-0.2, 0) is 9.47 Å². The summed E-state index contributed by atoms with van der Waals surface area (Å²) in [6, 6.07) is 16.6. The molecule has 42 heavy (non-hydrogen) atoms. The van der Waals surface area contributed by atoms with Gasteiger partial charge in [-0.15, -0.1) is 0 Å². The third kappa shape index (κ3) is 4.82. The van der Waals surface area contributed by atoms with Gasteiger partial charge >= 0.3 is 0 Å². The number of carbonyl (C=O) groups is 4. The maximum Gasteiger partial charge on any atom is 0.261 e. The Balaban J connectivity index is 1.00. The van der Waals surface area contributed by atoms with Crippen molar-refractivity contribution in [2.45, 2.75) is 37.9 Å². The topological polar surface area (TPSA) is 112 Å². The number of amides is 4. The minimum absolute atomic E-state index is 0.116. The van der Waals surface area contributed by atoms with Gasteiger partial charge in [-0.3, -0.25) is 29.0 Å². The molecule has 10 nitrogen and oxygen atoms in total. The van der Waals surface area contributed by atoms with Crippen molar-refractivity contribution in [1.82, 2.24) is 9.80 Å². The molecule has 0 N–H and O–H groups in total. The molecular weight excluding hydrogens is 540 g/mol. The van der Waals surface area contributed by atoms with E-state index in [1.165, 1.54) is 9.80 Å². The largest absolute Gasteiger partial charge is 0.457 e. The number of hydrogen-bond donors (Lipinski definition) is 0. The van der Waals surface area contributed by atoms with Gasteiger partial charge in [0.05, 0.1) is 47.6 Å². The standard InChI is InChI=1S/C32H28N2O8/c35-29-25-11-9-21(15-27(25)31(37)33(29)17-23-3-1-13-39-23)41-19-5-7-20(8-6-19)42-22-10-12-26-28(16-22)32(38)34(30(26)36)18-24-4-2-14-40-24/h5-12,15-16,23-24H,1-4,13-14,17-18H2. The molecule has 4 amide bonds. The molecule has 0 aromatic heterocycles. The van der Waals surface area contributed by atoms with Gasteiger partial charge in [-0.2, -0.15) is 0 Å². The molecule has 0 saturated carbocycles. The monoisotopic (exact) mass is 568 g/mol. The second kappa shape index (κ2) is 10.7. The molecule has 2 unspecified atom stereocenters. The predicted molar refractivity (Wildman–Crippen MR) is 148 cm³/mol. The normalized spacial score (nSPS) is 21.3. The first-order valence-corrected chi connectivity index (χ1v) is 14.1. The van der Waals surface area contributed by atoms with Crippen LogP contribution in [0.1, 0.15) is 67.1 Å². The lowest BCUT2D eigenvalue weighted by atomic mass is 10.1. The molecule has 3 aromatic carbocycles. The van der Waals surface area contributed by atoms with E-state index in [0.717, 1.165) is 25.7 Å². The van der Waals surface area contributed by atoms with E-state index in [1.807, 2.05) is 0 Å². The van der Waals surface area contributed by atoms with Crippen LogP contribution in [0.3, 0.4) is 0 Å². The molecule has 2 fully saturated rings. The van der Waals surface area contributed by atoms with E-state index in [9.17, 15) is 19.2 Å². The van der Waals surface area contributed by atoms with Crippen LogP contribution in [0.2, 0.25) is 0 Å². The van der Waals surface area contributed by atoms with E-state index in [1.54, 1.807) is 60.7 Å². The number of nitrogens with zero attached hydrogens (tertiary/aromatic N) is 2. The molecule has 2 atom stereocenters. The minimum Gasteiger partial charge on any atom is -0.457 e. The number of ether oxygens (including phenoxy) is 4. The minimum atomic E-state index is -0.343. The summed E-state index contributed by atoms with van der Waals surface area (Å²) >= 11 is 0. The number of carbonyl (C=O) groups excluding carboxylic acids is 4. The third-order valence-corrected chi connectivity index (χ3v) is 8.00. The number of benzene rings is 3. The fraction of sp³-hybridized carbons (Fsp3) is 0.312. The van der Waals surface area contributed by atoms with Crippen molar-refractivity contribution in [2.75, 3.05) is 26.3 Å². The highest BCUT2D eigenvalue weighted by Gasteiger charge is 2.39. The summed E-state index contributed by atoms with van der Waals surface area (Å²) in [5, 5.41) is 0. The van der Waals surface area contributed by atoms with Crippen molar-refractivity contribution >= 4 is 23.6 Å². The molecule has 0 radical (unpaired) electrons. The summed E-state index contributed by atoms with van der Waals surface area (Å²) in [6.07, 6.45) is 3.29. The molecule has 4 aliphatic heterocycles. The molecule has 2 saturated heterocycles. The Labute approximate surface area is 241 Å². The third-order valence-electron chi connectivity index (χ3n) is 8.00. The second-order valence-corrected chi connectivity index (χ2v) is 10.8. The van der Waals surface area contributed by atoms with Crippen molar-refractivity contribution in [3.63, 3.8) is 0 Å². The second-order valence-electron chi connectivity index (χ2n) is 10.8. The molecule has 3 aromatic rings. The van der Waals surface area contributed by atoms with Gasteiger partial charge in [-0.05, 0) is 86.3 Å². The van der Waals surface area contributed by atoms with Crippen LogP contribution in [0, 0.1) is 0 Å². The quantitative estimate of drug-likeness (QED) is 0.356. The maximum atomic E-state index is 13.0. The van der Waals surface area contributed by atoms with Gasteiger partial charge in [0, 0.05) is 13.2 Å². The first-order valence-electron chi connectivity index (χ1n) is 14.1. The van der Waals surface area contributed by atoms with Crippen molar-refractivity contribution in [3.05, 3.63) is 82.9 Å². The molecule has 10 heteroatoms. The van der Waals surface area contributed by atoms with E-state index < -0.39 is 0 Å². The van der Waals surface area contributed by atoms with Crippen LogP contribution in [0.4, 0.5) is 0 Å². The van der Waals surface area contributed by atoms with Gasteiger partial charge in [0.2, 0.25) is 0 Å². The number of hydrogen-bond acceptors (Lipinski definition) is 8. The van der Waals surface area contributed by atoms with Crippen molar-refractivity contribution in [1.29, 1.82) is 0 Å². The molecular formula is C32H28N2O8. The van der Waals surface area contributed by atoms with E-state index in [-0.39, 0.29) is 48.9 Å². The van der Waals surface area contributed by atoms with Gasteiger partial charge in [-0.1, -0.05) is 0 Å². The van der Waals surface area contributed by atoms with Crippen LogP contribution >= 0.6 is 0 Å². The number of fused-ring (bicyclic) bond motifs is 2. The smallest absolute Gasteiger partial charge is 0.261 e. The SMILES string of the molecule is O=C1c2ccc(Oc3ccc(Oc4ccc5c(c4)C(=O)N(CC4CCCO4)C5=O)cc3)cc2C(=O)N1CC1CCCO1. The Bertz CT molecular complexity index is 1470. The Morgan fingerprint density at radius 2 is 0.929 bits per heavy atom. The highest BCUT2D eigenvalue weighted by Crippen LogP contribution is 2.33. The molecule has 7 rings (SSSR count). The maximum absolute atomic E-state index is 13.0. The summed E-state index contributed by atoms with van der Waals surface area (Å²) < 4.78 is 23.1.